The Balaban J connectivity index is 2.94. The van der Waals surface area contributed by atoms with E-state index in [0.29, 0.717) is 5.92 Å². The van der Waals surface area contributed by atoms with Gasteiger partial charge in [0.25, 0.3) is 0 Å². The van der Waals surface area contributed by atoms with Crippen LogP contribution in [0.25, 0.3) is 6.08 Å². The Hall–Kier alpha value is -0.560. The lowest BCUT2D eigenvalue weighted by Crippen LogP contribution is -1.94. The van der Waals surface area contributed by atoms with Crippen LogP contribution < -0.4 is 0 Å². The first kappa shape index (κ1) is 11.5. The molecule has 0 atom stereocenters. The van der Waals surface area contributed by atoms with Crippen molar-refractivity contribution in [2.24, 2.45) is 5.92 Å². The topological polar surface area (TPSA) is 0 Å². The van der Waals surface area contributed by atoms with Crippen LogP contribution in [0.3, 0.4) is 0 Å². The van der Waals surface area contributed by atoms with E-state index in [2.05, 4.69) is 67.0 Å². The number of allylic oxidation sites excluding steroid dienone is 1. The van der Waals surface area contributed by atoms with Crippen LogP contribution in [0.4, 0.5) is 0 Å². The second kappa shape index (κ2) is 5.35. The lowest BCUT2D eigenvalue weighted by Gasteiger charge is -2.07. The monoisotopic (exact) mass is 252 g/mol. The highest BCUT2D eigenvalue weighted by atomic mass is 79.9. The van der Waals surface area contributed by atoms with E-state index < -0.39 is 0 Å². The summed E-state index contributed by atoms with van der Waals surface area (Å²) >= 11 is 3.52. The van der Waals surface area contributed by atoms with Crippen molar-refractivity contribution < 1.29 is 0 Å². The van der Waals surface area contributed by atoms with Crippen LogP contribution in [0, 0.1) is 12.8 Å². The zero-order valence-electron chi connectivity index (χ0n) is 9.05. The Bertz CT molecular complexity index is 324. The van der Waals surface area contributed by atoms with Gasteiger partial charge in [-0.1, -0.05) is 71.3 Å². The first-order chi connectivity index (χ1) is 6.63. The summed E-state index contributed by atoms with van der Waals surface area (Å²) in [7, 11) is 0. The molecular formula is C13H17Br. The highest BCUT2D eigenvalue weighted by Gasteiger charge is 2.01. The van der Waals surface area contributed by atoms with Crippen LogP contribution in [-0.4, -0.2) is 5.33 Å². The normalized spacial score (nSPS) is 12.2. The summed E-state index contributed by atoms with van der Waals surface area (Å²) in [6, 6.07) is 8.59. The minimum absolute atomic E-state index is 0.606. The third kappa shape index (κ3) is 3.30. The standard InChI is InChI=1S/C13H17Br/c1-10(2)13(9-14)8-12-6-4-5-11(3)7-12/h4-8,10H,9H2,1-3H3/b13-8+. The zero-order chi connectivity index (χ0) is 10.6. The lowest BCUT2D eigenvalue weighted by atomic mass is 10.0. The second-order valence-electron chi connectivity index (χ2n) is 3.92. The van der Waals surface area contributed by atoms with Gasteiger partial charge in [0.15, 0.2) is 0 Å². The molecule has 1 rings (SSSR count). The summed E-state index contributed by atoms with van der Waals surface area (Å²) in [5.74, 6) is 0.606. The minimum Gasteiger partial charge on any atom is -0.0880 e. The van der Waals surface area contributed by atoms with Gasteiger partial charge in [-0.15, -0.1) is 0 Å². The van der Waals surface area contributed by atoms with E-state index in [1.54, 1.807) is 0 Å². The molecule has 0 aliphatic carbocycles. The minimum atomic E-state index is 0.606. The second-order valence-corrected chi connectivity index (χ2v) is 4.48. The predicted molar refractivity (Wildman–Crippen MR) is 67.8 cm³/mol. The molecule has 0 saturated carbocycles. The van der Waals surface area contributed by atoms with Crippen molar-refractivity contribution in [1.29, 1.82) is 0 Å². The first-order valence-electron chi connectivity index (χ1n) is 4.96. The van der Waals surface area contributed by atoms with Gasteiger partial charge in [-0.3, -0.25) is 0 Å². The maximum Gasteiger partial charge on any atom is 0.0247 e. The Labute approximate surface area is 95.2 Å². The number of benzene rings is 1. The number of aryl methyl sites for hydroxylation is 1. The summed E-state index contributed by atoms with van der Waals surface area (Å²) in [4.78, 5) is 0. The molecular weight excluding hydrogens is 236 g/mol. The summed E-state index contributed by atoms with van der Waals surface area (Å²) in [6.07, 6.45) is 2.27. The Morgan fingerprint density at radius 2 is 2.14 bits per heavy atom. The van der Waals surface area contributed by atoms with Gasteiger partial charge >= 0.3 is 0 Å². The molecule has 0 aliphatic heterocycles. The molecule has 1 aromatic carbocycles. The number of hydrogen-bond donors (Lipinski definition) is 0. The van der Waals surface area contributed by atoms with Crippen molar-refractivity contribution in [2.75, 3.05) is 5.33 Å². The highest BCUT2D eigenvalue weighted by Crippen LogP contribution is 2.17. The van der Waals surface area contributed by atoms with Crippen LogP contribution in [-0.2, 0) is 0 Å². The van der Waals surface area contributed by atoms with Gasteiger partial charge in [0, 0.05) is 5.33 Å². The maximum atomic E-state index is 3.52. The van der Waals surface area contributed by atoms with Crippen molar-refractivity contribution in [3.8, 4) is 0 Å². The van der Waals surface area contributed by atoms with E-state index in [1.807, 2.05) is 0 Å². The molecule has 1 heteroatoms. The fraction of sp³-hybridized carbons (Fsp3) is 0.385. The van der Waals surface area contributed by atoms with Gasteiger partial charge in [0.1, 0.15) is 0 Å². The quantitative estimate of drug-likeness (QED) is 0.699. The summed E-state index contributed by atoms with van der Waals surface area (Å²) in [5.41, 5.74) is 4.06. The fourth-order valence-corrected chi connectivity index (χ4v) is 2.14. The van der Waals surface area contributed by atoms with Crippen LogP contribution in [0.1, 0.15) is 25.0 Å². The number of halogens is 1. The van der Waals surface area contributed by atoms with Gasteiger partial charge in [-0.05, 0) is 18.4 Å². The third-order valence-corrected chi connectivity index (χ3v) is 2.94. The van der Waals surface area contributed by atoms with Crippen LogP contribution in [0.2, 0.25) is 0 Å². The average molecular weight is 253 g/mol. The molecule has 0 nitrogen and oxygen atoms in total. The van der Waals surface area contributed by atoms with Gasteiger partial charge in [-0.2, -0.15) is 0 Å². The van der Waals surface area contributed by atoms with E-state index in [9.17, 15) is 0 Å². The van der Waals surface area contributed by atoms with E-state index in [1.165, 1.54) is 16.7 Å². The highest BCUT2D eigenvalue weighted by molar-refractivity contribution is 9.09. The van der Waals surface area contributed by atoms with Crippen molar-refractivity contribution in [2.45, 2.75) is 20.8 Å². The van der Waals surface area contributed by atoms with Gasteiger partial charge < -0.3 is 0 Å². The molecule has 0 heterocycles. The SMILES string of the molecule is Cc1cccc(/C=C(\CBr)C(C)C)c1. The lowest BCUT2D eigenvalue weighted by molar-refractivity contribution is 0.781. The molecule has 14 heavy (non-hydrogen) atoms. The largest absolute Gasteiger partial charge is 0.0880 e. The molecule has 0 spiro atoms. The molecule has 1 aromatic rings. The predicted octanol–water partition coefficient (Wildman–Crippen LogP) is 4.43. The summed E-state index contributed by atoms with van der Waals surface area (Å²) < 4.78 is 0. The van der Waals surface area contributed by atoms with Crippen LogP contribution in [0.5, 0.6) is 0 Å². The van der Waals surface area contributed by atoms with E-state index in [0.717, 1.165) is 5.33 Å². The van der Waals surface area contributed by atoms with E-state index >= 15 is 0 Å². The Kier molecular flexibility index (Phi) is 4.40. The van der Waals surface area contributed by atoms with Crippen LogP contribution >= 0.6 is 15.9 Å². The number of alkyl halides is 1. The molecule has 0 N–H and O–H groups in total. The van der Waals surface area contributed by atoms with Crippen molar-refractivity contribution >= 4 is 22.0 Å². The number of rotatable bonds is 3. The van der Waals surface area contributed by atoms with Crippen LogP contribution in [0.15, 0.2) is 29.8 Å². The molecule has 0 aliphatic rings. The molecule has 76 valence electrons. The summed E-state index contributed by atoms with van der Waals surface area (Å²) in [6.45, 7) is 6.58. The van der Waals surface area contributed by atoms with Gasteiger partial charge in [0.2, 0.25) is 0 Å². The van der Waals surface area contributed by atoms with Crippen molar-refractivity contribution in [1.82, 2.24) is 0 Å². The number of hydrogen-bond acceptors (Lipinski definition) is 0. The molecule has 0 saturated heterocycles. The van der Waals surface area contributed by atoms with Gasteiger partial charge in [-0.25, -0.2) is 0 Å². The average Bonchev–Trinajstić information content (AvgIpc) is 2.14. The molecule has 0 amide bonds. The smallest absolute Gasteiger partial charge is 0.0247 e. The fourth-order valence-electron chi connectivity index (χ4n) is 1.33. The third-order valence-electron chi connectivity index (χ3n) is 2.29. The zero-order valence-corrected chi connectivity index (χ0v) is 10.6. The van der Waals surface area contributed by atoms with Gasteiger partial charge in [0.05, 0.1) is 0 Å². The Morgan fingerprint density at radius 1 is 1.43 bits per heavy atom. The Morgan fingerprint density at radius 3 is 2.64 bits per heavy atom. The molecule has 0 radical (unpaired) electrons. The molecule has 0 bridgehead atoms. The van der Waals surface area contributed by atoms with E-state index in [4.69, 9.17) is 0 Å². The molecule has 0 fully saturated rings. The van der Waals surface area contributed by atoms with E-state index in [-0.39, 0.29) is 0 Å². The maximum absolute atomic E-state index is 3.52. The van der Waals surface area contributed by atoms with Crippen molar-refractivity contribution in [3.63, 3.8) is 0 Å². The molecule has 0 unspecified atom stereocenters. The summed E-state index contributed by atoms with van der Waals surface area (Å²) in [5, 5.41) is 0.957. The molecule has 0 aromatic heterocycles. The first-order valence-corrected chi connectivity index (χ1v) is 6.08. The van der Waals surface area contributed by atoms with Crippen molar-refractivity contribution in [3.05, 3.63) is 41.0 Å².